The van der Waals surface area contributed by atoms with Gasteiger partial charge in [-0.1, -0.05) is 6.92 Å². The molecule has 1 rings (SSSR count). The number of nitrogens with one attached hydrogen (secondary N) is 2. The highest BCUT2D eigenvalue weighted by molar-refractivity contribution is 5.77. The van der Waals surface area contributed by atoms with Gasteiger partial charge in [-0.2, -0.15) is 0 Å². The number of amides is 1. The Labute approximate surface area is 67.5 Å². The van der Waals surface area contributed by atoms with Crippen molar-refractivity contribution < 1.29 is 4.79 Å². The molecule has 0 atom stereocenters. The molecule has 11 heavy (non-hydrogen) atoms. The lowest BCUT2D eigenvalue weighted by Crippen LogP contribution is -2.39. The van der Waals surface area contributed by atoms with Gasteiger partial charge in [0.05, 0.1) is 6.54 Å². The number of rotatable bonds is 4. The van der Waals surface area contributed by atoms with Gasteiger partial charge in [-0.25, -0.2) is 0 Å². The molecule has 0 heterocycles. The maximum Gasteiger partial charge on any atom is 0.233 e. The first-order chi connectivity index (χ1) is 5.22. The molecule has 2 N–H and O–H groups in total. The van der Waals surface area contributed by atoms with Gasteiger partial charge in [-0.05, 0) is 19.3 Å². The molecule has 0 saturated heterocycles. The lowest BCUT2D eigenvalue weighted by Gasteiger charge is -2.13. The Balaban J connectivity index is 2.16. The third kappa shape index (κ3) is 2.19. The standard InChI is InChI=1S/C8H16N2O/c1-3-8(4-5-8)10-6-7(11)9-2/h10H,3-6H2,1-2H3,(H,9,11). The molecule has 1 aliphatic carbocycles. The molecule has 0 aliphatic heterocycles. The molecule has 0 radical (unpaired) electrons. The van der Waals surface area contributed by atoms with E-state index in [9.17, 15) is 4.79 Å². The maximum absolute atomic E-state index is 10.8. The van der Waals surface area contributed by atoms with E-state index in [-0.39, 0.29) is 5.91 Å². The predicted molar refractivity (Wildman–Crippen MR) is 44.3 cm³/mol. The van der Waals surface area contributed by atoms with E-state index in [2.05, 4.69) is 17.6 Å². The smallest absolute Gasteiger partial charge is 0.233 e. The van der Waals surface area contributed by atoms with Crippen LogP contribution < -0.4 is 10.6 Å². The zero-order valence-electron chi connectivity index (χ0n) is 7.24. The molecular weight excluding hydrogens is 140 g/mol. The summed E-state index contributed by atoms with van der Waals surface area (Å²) in [5.74, 6) is 0.0738. The fraction of sp³-hybridized carbons (Fsp3) is 0.875. The Morgan fingerprint density at radius 3 is 2.55 bits per heavy atom. The van der Waals surface area contributed by atoms with Crippen molar-refractivity contribution in [2.45, 2.75) is 31.7 Å². The summed E-state index contributed by atoms with van der Waals surface area (Å²) in [6, 6.07) is 0. The lowest BCUT2D eigenvalue weighted by atomic mass is 10.2. The summed E-state index contributed by atoms with van der Waals surface area (Å²) in [5, 5.41) is 5.85. The highest BCUT2D eigenvalue weighted by atomic mass is 16.1. The molecule has 64 valence electrons. The van der Waals surface area contributed by atoms with Crippen molar-refractivity contribution in [3.63, 3.8) is 0 Å². The van der Waals surface area contributed by atoms with Gasteiger partial charge in [0.2, 0.25) is 5.91 Å². The van der Waals surface area contributed by atoms with E-state index in [4.69, 9.17) is 0 Å². The Bertz CT molecular complexity index is 152. The molecule has 1 amide bonds. The van der Waals surface area contributed by atoms with Gasteiger partial charge in [-0.3, -0.25) is 4.79 Å². The molecule has 0 aromatic heterocycles. The Morgan fingerprint density at radius 2 is 2.18 bits per heavy atom. The maximum atomic E-state index is 10.8. The molecule has 0 aromatic carbocycles. The third-order valence-electron chi connectivity index (χ3n) is 2.43. The van der Waals surface area contributed by atoms with Crippen LogP contribution in [0.2, 0.25) is 0 Å². The van der Waals surface area contributed by atoms with Crippen LogP contribution in [0.4, 0.5) is 0 Å². The summed E-state index contributed by atoms with van der Waals surface area (Å²) in [6.07, 6.45) is 3.57. The quantitative estimate of drug-likeness (QED) is 0.613. The van der Waals surface area contributed by atoms with E-state index >= 15 is 0 Å². The van der Waals surface area contributed by atoms with Crippen molar-refractivity contribution in [3.8, 4) is 0 Å². The molecule has 0 unspecified atom stereocenters. The van der Waals surface area contributed by atoms with Gasteiger partial charge in [-0.15, -0.1) is 0 Å². The summed E-state index contributed by atoms with van der Waals surface area (Å²) in [7, 11) is 1.66. The molecule has 0 bridgehead atoms. The average molecular weight is 156 g/mol. The topological polar surface area (TPSA) is 41.1 Å². The lowest BCUT2D eigenvalue weighted by molar-refractivity contribution is -0.119. The molecule has 1 aliphatic rings. The number of likely N-dealkylation sites (N-methyl/N-ethyl adjacent to an activating group) is 1. The van der Waals surface area contributed by atoms with Crippen molar-refractivity contribution in [2.75, 3.05) is 13.6 Å². The average Bonchev–Trinajstić information content (AvgIpc) is 2.81. The second kappa shape index (κ2) is 3.22. The Hall–Kier alpha value is -0.570. The normalized spacial score (nSPS) is 19.5. The molecule has 3 nitrogen and oxygen atoms in total. The number of carbonyl (C=O) groups is 1. The van der Waals surface area contributed by atoms with Crippen LogP contribution in [0.3, 0.4) is 0 Å². The van der Waals surface area contributed by atoms with Gasteiger partial charge in [0, 0.05) is 12.6 Å². The van der Waals surface area contributed by atoms with Crippen LogP contribution in [-0.2, 0) is 4.79 Å². The summed E-state index contributed by atoms with van der Waals surface area (Å²) in [4.78, 5) is 10.8. The first-order valence-corrected chi connectivity index (χ1v) is 4.18. The molecular formula is C8H16N2O. The second-order valence-corrected chi connectivity index (χ2v) is 3.16. The van der Waals surface area contributed by atoms with Crippen LogP contribution in [0, 0.1) is 0 Å². The summed E-state index contributed by atoms with van der Waals surface area (Å²) < 4.78 is 0. The van der Waals surface area contributed by atoms with Crippen LogP contribution in [0.1, 0.15) is 26.2 Å². The number of hydrogen-bond acceptors (Lipinski definition) is 2. The molecule has 0 spiro atoms. The van der Waals surface area contributed by atoms with Crippen LogP contribution in [0.15, 0.2) is 0 Å². The van der Waals surface area contributed by atoms with E-state index in [0.29, 0.717) is 12.1 Å². The van der Waals surface area contributed by atoms with Gasteiger partial charge in [0.15, 0.2) is 0 Å². The number of hydrogen-bond donors (Lipinski definition) is 2. The molecule has 3 heteroatoms. The summed E-state index contributed by atoms with van der Waals surface area (Å²) >= 11 is 0. The van der Waals surface area contributed by atoms with E-state index in [0.717, 1.165) is 6.42 Å². The second-order valence-electron chi connectivity index (χ2n) is 3.16. The Morgan fingerprint density at radius 1 is 1.55 bits per heavy atom. The minimum absolute atomic E-state index is 0.0738. The SMILES string of the molecule is CCC1(NCC(=O)NC)CC1. The monoisotopic (exact) mass is 156 g/mol. The van der Waals surface area contributed by atoms with Crippen molar-refractivity contribution in [1.29, 1.82) is 0 Å². The van der Waals surface area contributed by atoms with Gasteiger partial charge in [0.25, 0.3) is 0 Å². The number of carbonyl (C=O) groups excluding carboxylic acids is 1. The van der Waals surface area contributed by atoms with Crippen molar-refractivity contribution in [3.05, 3.63) is 0 Å². The van der Waals surface area contributed by atoms with E-state index in [1.807, 2.05) is 0 Å². The molecule has 0 aromatic rings. The Kier molecular flexibility index (Phi) is 2.49. The fourth-order valence-corrected chi connectivity index (χ4v) is 1.16. The predicted octanol–water partition coefficient (Wildman–Crippen LogP) is 0.265. The largest absolute Gasteiger partial charge is 0.358 e. The highest BCUT2D eigenvalue weighted by Gasteiger charge is 2.40. The van der Waals surface area contributed by atoms with Gasteiger partial charge < -0.3 is 10.6 Å². The van der Waals surface area contributed by atoms with Gasteiger partial charge in [0.1, 0.15) is 0 Å². The van der Waals surface area contributed by atoms with E-state index in [1.165, 1.54) is 12.8 Å². The zero-order valence-corrected chi connectivity index (χ0v) is 7.24. The molecule has 1 saturated carbocycles. The van der Waals surface area contributed by atoms with Crippen molar-refractivity contribution in [1.82, 2.24) is 10.6 Å². The summed E-state index contributed by atoms with van der Waals surface area (Å²) in [6.45, 7) is 2.62. The minimum atomic E-state index is 0.0738. The van der Waals surface area contributed by atoms with Crippen molar-refractivity contribution >= 4 is 5.91 Å². The van der Waals surface area contributed by atoms with Crippen LogP contribution in [-0.4, -0.2) is 25.0 Å². The van der Waals surface area contributed by atoms with Crippen molar-refractivity contribution in [2.24, 2.45) is 0 Å². The third-order valence-corrected chi connectivity index (χ3v) is 2.43. The molecule has 1 fully saturated rings. The van der Waals surface area contributed by atoms with E-state index < -0.39 is 0 Å². The summed E-state index contributed by atoms with van der Waals surface area (Å²) in [5.41, 5.74) is 0.312. The highest BCUT2D eigenvalue weighted by Crippen LogP contribution is 2.37. The van der Waals surface area contributed by atoms with Crippen LogP contribution in [0.5, 0.6) is 0 Å². The van der Waals surface area contributed by atoms with Crippen LogP contribution in [0.25, 0.3) is 0 Å². The first kappa shape index (κ1) is 8.53. The minimum Gasteiger partial charge on any atom is -0.358 e. The fourth-order valence-electron chi connectivity index (χ4n) is 1.16. The van der Waals surface area contributed by atoms with Gasteiger partial charge >= 0.3 is 0 Å². The first-order valence-electron chi connectivity index (χ1n) is 4.18. The zero-order chi connectivity index (χ0) is 8.32. The van der Waals surface area contributed by atoms with E-state index in [1.54, 1.807) is 7.05 Å². The van der Waals surface area contributed by atoms with Crippen LogP contribution >= 0.6 is 0 Å².